The van der Waals surface area contributed by atoms with E-state index in [1.165, 1.54) is 25.5 Å². The fraction of sp³-hybridized carbons (Fsp3) is 0.238. The third-order valence-corrected chi connectivity index (χ3v) is 4.59. The van der Waals surface area contributed by atoms with E-state index in [0.29, 0.717) is 17.7 Å². The van der Waals surface area contributed by atoms with Gasteiger partial charge in [0.15, 0.2) is 11.5 Å². The summed E-state index contributed by atoms with van der Waals surface area (Å²) >= 11 is 0. The van der Waals surface area contributed by atoms with Gasteiger partial charge in [-0.05, 0) is 42.3 Å². The minimum Gasteiger partial charge on any atom is -0.493 e. The summed E-state index contributed by atoms with van der Waals surface area (Å²) in [5.74, 6) is 0.0687. The molecule has 0 spiro atoms. The first-order chi connectivity index (χ1) is 13.3. The van der Waals surface area contributed by atoms with E-state index in [0.717, 1.165) is 12.1 Å². The van der Waals surface area contributed by atoms with Crippen molar-refractivity contribution in [3.63, 3.8) is 0 Å². The number of para-hydroxylation sites is 2. The summed E-state index contributed by atoms with van der Waals surface area (Å²) in [7, 11) is 1.47. The van der Waals surface area contributed by atoms with Gasteiger partial charge in [0, 0.05) is 6.21 Å². The minimum absolute atomic E-state index is 0.229. The average Bonchev–Trinajstić information content (AvgIpc) is 3.14. The van der Waals surface area contributed by atoms with Crippen LogP contribution in [-0.4, -0.2) is 19.3 Å². The number of carbonyl (C=O) groups is 1. The Bertz CT molecular complexity index is 933. The maximum absolute atomic E-state index is 12.8. The van der Waals surface area contributed by atoms with Gasteiger partial charge < -0.3 is 9.47 Å². The summed E-state index contributed by atoms with van der Waals surface area (Å²) in [6.07, 6.45) is -0.928. The number of alkyl halides is 3. The zero-order chi connectivity index (χ0) is 20.4. The lowest BCUT2D eigenvalue weighted by Crippen LogP contribution is -2.19. The van der Waals surface area contributed by atoms with Crippen molar-refractivity contribution in [2.75, 3.05) is 7.11 Å². The Morgan fingerprint density at radius 1 is 1.07 bits per heavy atom. The Hall–Kier alpha value is -3.09. The number of carbonyl (C=O) groups excluding carboxylic acids is 1. The predicted molar refractivity (Wildman–Crippen MR) is 98.6 cm³/mol. The molecule has 2 aromatic rings. The fourth-order valence-electron chi connectivity index (χ4n) is 2.99. The summed E-state index contributed by atoms with van der Waals surface area (Å²) in [6.45, 7) is 1.85. The molecule has 1 heterocycles. The molecule has 0 N–H and O–H groups in total. The number of aliphatic imine (C=N–C) groups is 1. The van der Waals surface area contributed by atoms with Crippen LogP contribution in [-0.2, 0) is 16.5 Å². The molecular weight excluding hydrogens is 371 g/mol. The van der Waals surface area contributed by atoms with Crippen molar-refractivity contribution in [3.8, 4) is 11.5 Å². The minimum atomic E-state index is -4.41. The number of benzene rings is 2. The monoisotopic (exact) mass is 389 g/mol. The van der Waals surface area contributed by atoms with Crippen LogP contribution < -0.4 is 9.47 Å². The van der Waals surface area contributed by atoms with Gasteiger partial charge in [0.25, 0.3) is 0 Å². The van der Waals surface area contributed by atoms with Crippen LogP contribution in [0, 0.1) is 0 Å². The topological polar surface area (TPSA) is 47.9 Å². The van der Waals surface area contributed by atoms with E-state index in [1.54, 1.807) is 30.3 Å². The summed E-state index contributed by atoms with van der Waals surface area (Å²) in [6, 6.07) is 11.5. The molecule has 1 aliphatic heterocycles. The summed E-state index contributed by atoms with van der Waals surface area (Å²) in [5.41, 5.74) is -0.838. The van der Waals surface area contributed by atoms with Crippen molar-refractivity contribution in [2.24, 2.45) is 4.99 Å². The molecule has 3 rings (SSSR count). The summed E-state index contributed by atoms with van der Waals surface area (Å²) < 4.78 is 48.9. The molecule has 0 amide bonds. The SMILES string of the molecule is CCC1(c2ccc(C(F)(F)F)cc2)C=C(C(=O)Oc2ccccc2OC)C=N1. The molecule has 0 saturated heterocycles. The Morgan fingerprint density at radius 2 is 1.71 bits per heavy atom. The fourth-order valence-corrected chi connectivity index (χ4v) is 2.99. The van der Waals surface area contributed by atoms with Crippen LogP contribution in [0.5, 0.6) is 11.5 Å². The third-order valence-electron chi connectivity index (χ3n) is 4.59. The second-order valence-corrected chi connectivity index (χ2v) is 6.25. The van der Waals surface area contributed by atoms with Crippen molar-refractivity contribution in [3.05, 3.63) is 71.3 Å². The van der Waals surface area contributed by atoms with Gasteiger partial charge in [0.1, 0.15) is 5.54 Å². The lowest BCUT2D eigenvalue weighted by molar-refractivity contribution is -0.137. The quantitative estimate of drug-likeness (QED) is 0.538. The van der Waals surface area contributed by atoms with Crippen molar-refractivity contribution in [1.82, 2.24) is 0 Å². The Labute approximate surface area is 160 Å². The van der Waals surface area contributed by atoms with E-state index in [9.17, 15) is 18.0 Å². The van der Waals surface area contributed by atoms with E-state index in [2.05, 4.69) is 4.99 Å². The van der Waals surface area contributed by atoms with Crippen LogP contribution >= 0.6 is 0 Å². The molecule has 4 nitrogen and oxygen atoms in total. The van der Waals surface area contributed by atoms with Gasteiger partial charge in [-0.2, -0.15) is 13.2 Å². The number of hydrogen-bond donors (Lipinski definition) is 0. The second kappa shape index (κ2) is 7.50. The molecule has 1 aliphatic rings. The Balaban J connectivity index is 1.85. The first kappa shape index (κ1) is 19.7. The number of hydrogen-bond acceptors (Lipinski definition) is 4. The van der Waals surface area contributed by atoms with E-state index < -0.39 is 23.2 Å². The van der Waals surface area contributed by atoms with E-state index in [4.69, 9.17) is 9.47 Å². The van der Waals surface area contributed by atoms with Gasteiger partial charge in [-0.1, -0.05) is 31.2 Å². The first-order valence-corrected chi connectivity index (χ1v) is 8.60. The molecule has 0 radical (unpaired) electrons. The third kappa shape index (κ3) is 3.78. The van der Waals surface area contributed by atoms with Crippen LogP contribution in [0.3, 0.4) is 0 Å². The summed E-state index contributed by atoms with van der Waals surface area (Å²) in [5, 5.41) is 0. The maximum atomic E-state index is 12.8. The van der Waals surface area contributed by atoms with Gasteiger partial charge in [-0.25, -0.2) is 4.79 Å². The zero-order valence-electron chi connectivity index (χ0n) is 15.3. The van der Waals surface area contributed by atoms with Crippen LogP contribution in [0.1, 0.15) is 24.5 Å². The van der Waals surface area contributed by atoms with Gasteiger partial charge in [0.05, 0.1) is 18.2 Å². The van der Waals surface area contributed by atoms with Crippen LogP contribution in [0.2, 0.25) is 0 Å². The van der Waals surface area contributed by atoms with Gasteiger partial charge in [-0.3, -0.25) is 4.99 Å². The molecule has 146 valence electrons. The first-order valence-electron chi connectivity index (χ1n) is 8.60. The largest absolute Gasteiger partial charge is 0.493 e. The van der Waals surface area contributed by atoms with Crippen LogP contribution in [0.25, 0.3) is 0 Å². The molecule has 0 saturated carbocycles. The number of nitrogens with zero attached hydrogens (tertiary/aromatic N) is 1. The van der Waals surface area contributed by atoms with Crippen LogP contribution in [0.4, 0.5) is 13.2 Å². The van der Waals surface area contributed by atoms with Crippen molar-refractivity contribution in [1.29, 1.82) is 0 Å². The number of halogens is 3. The molecule has 0 aromatic heterocycles. The lowest BCUT2D eigenvalue weighted by atomic mass is 9.87. The van der Waals surface area contributed by atoms with Gasteiger partial charge in [-0.15, -0.1) is 0 Å². The molecule has 0 aliphatic carbocycles. The molecule has 0 fully saturated rings. The highest BCUT2D eigenvalue weighted by Crippen LogP contribution is 2.38. The molecule has 7 heteroatoms. The smallest absolute Gasteiger partial charge is 0.416 e. The molecule has 1 unspecified atom stereocenters. The number of rotatable bonds is 5. The Kier molecular flexibility index (Phi) is 5.27. The number of esters is 1. The van der Waals surface area contributed by atoms with E-state index in [-0.39, 0.29) is 11.3 Å². The highest BCUT2D eigenvalue weighted by molar-refractivity contribution is 6.12. The summed E-state index contributed by atoms with van der Waals surface area (Å²) in [4.78, 5) is 16.9. The van der Waals surface area contributed by atoms with Crippen molar-refractivity contribution < 1.29 is 27.4 Å². The Morgan fingerprint density at radius 3 is 2.29 bits per heavy atom. The van der Waals surface area contributed by atoms with Crippen molar-refractivity contribution >= 4 is 12.2 Å². The highest BCUT2D eigenvalue weighted by atomic mass is 19.4. The molecule has 0 bridgehead atoms. The van der Waals surface area contributed by atoms with E-state index >= 15 is 0 Å². The average molecular weight is 389 g/mol. The lowest BCUT2D eigenvalue weighted by Gasteiger charge is -2.23. The normalized spacial score (nSPS) is 18.7. The van der Waals surface area contributed by atoms with Gasteiger partial charge in [0.2, 0.25) is 0 Å². The second-order valence-electron chi connectivity index (χ2n) is 6.25. The zero-order valence-corrected chi connectivity index (χ0v) is 15.3. The number of ether oxygens (including phenoxy) is 2. The molecular formula is C21H18F3NO3. The number of methoxy groups -OCH3 is 1. The molecule has 2 aromatic carbocycles. The standard InChI is InChI=1S/C21H18F3NO3/c1-3-20(15-8-10-16(11-9-15)21(22,23)24)12-14(13-25-20)19(26)28-18-7-5-4-6-17(18)27-2/h4-13H,3H2,1-2H3. The maximum Gasteiger partial charge on any atom is 0.416 e. The molecule has 1 atom stereocenters. The van der Waals surface area contributed by atoms with Gasteiger partial charge >= 0.3 is 12.1 Å². The van der Waals surface area contributed by atoms with Crippen molar-refractivity contribution in [2.45, 2.75) is 25.1 Å². The van der Waals surface area contributed by atoms with Crippen LogP contribution in [0.15, 0.2) is 65.2 Å². The predicted octanol–water partition coefficient (Wildman–Crippen LogP) is 4.94. The molecule has 28 heavy (non-hydrogen) atoms. The van der Waals surface area contributed by atoms with E-state index in [1.807, 2.05) is 6.92 Å². The highest BCUT2D eigenvalue weighted by Gasteiger charge is 2.35.